The molecule has 1 aromatic heterocycles. The van der Waals surface area contributed by atoms with Gasteiger partial charge in [-0.25, -0.2) is 4.68 Å². The maximum Gasteiger partial charge on any atom is 0.416 e. The average molecular weight is 273 g/mol. The van der Waals surface area contributed by atoms with Crippen molar-refractivity contribution in [3.05, 3.63) is 45.7 Å². The summed E-state index contributed by atoms with van der Waals surface area (Å²) in [6, 6.07) is 3.99. The molecule has 0 amide bonds. The van der Waals surface area contributed by atoms with Crippen LogP contribution in [0.15, 0.2) is 29.1 Å². The molecule has 0 aliphatic rings. The lowest BCUT2D eigenvalue weighted by Gasteiger charge is -2.08. The smallest absolute Gasteiger partial charge is 0.416 e. The molecule has 0 aliphatic carbocycles. The summed E-state index contributed by atoms with van der Waals surface area (Å²) in [4.78, 5) is 11.4. The van der Waals surface area contributed by atoms with Gasteiger partial charge in [-0.15, -0.1) is 0 Å². The Morgan fingerprint density at radius 2 is 1.84 bits per heavy atom. The topological polar surface area (TPSA) is 84.0 Å². The molecule has 0 spiro atoms. The number of aromatic hydroxyl groups is 1. The number of nitrogens with one attached hydrogen (secondary N) is 1. The van der Waals surface area contributed by atoms with Gasteiger partial charge >= 0.3 is 6.18 Å². The molecule has 1 heterocycles. The van der Waals surface area contributed by atoms with Crippen molar-refractivity contribution in [2.24, 2.45) is 5.73 Å². The number of alkyl halides is 3. The van der Waals surface area contributed by atoms with Gasteiger partial charge in [-0.1, -0.05) is 0 Å². The maximum atomic E-state index is 12.4. The maximum absolute atomic E-state index is 12.4. The molecule has 2 aromatic rings. The molecular weight excluding hydrogens is 263 g/mol. The Balaban J connectivity index is 2.46. The van der Waals surface area contributed by atoms with Crippen LogP contribution in [0.25, 0.3) is 5.69 Å². The molecule has 0 bridgehead atoms. The van der Waals surface area contributed by atoms with Gasteiger partial charge in [0.05, 0.1) is 16.8 Å². The van der Waals surface area contributed by atoms with Gasteiger partial charge in [-0.3, -0.25) is 9.89 Å². The lowest BCUT2D eigenvalue weighted by molar-refractivity contribution is -0.137. The van der Waals surface area contributed by atoms with Gasteiger partial charge in [0.25, 0.3) is 5.56 Å². The van der Waals surface area contributed by atoms with E-state index in [0.717, 1.165) is 28.9 Å². The van der Waals surface area contributed by atoms with Gasteiger partial charge in [-0.2, -0.15) is 13.2 Å². The second-order valence-electron chi connectivity index (χ2n) is 3.83. The van der Waals surface area contributed by atoms with E-state index in [2.05, 4.69) is 5.10 Å². The summed E-state index contributed by atoms with van der Waals surface area (Å²) < 4.78 is 38.2. The van der Waals surface area contributed by atoms with Crippen LogP contribution < -0.4 is 11.3 Å². The highest BCUT2D eigenvalue weighted by Crippen LogP contribution is 2.30. The van der Waals surface area contributed by atoms with Gasteiger partial charge in [0, 0.05) is 6.54 Å². The van der Waals surface area contributed by atoms with Crippen molar-refractivity contribution in [3.8, 4) is 11.6 Å². The van der Waals surface area contributed by atoms with Crippen LogP contribution in [0.2, 0.25) is 0 Å². The number of nitrogens with zero attached hydrogens (tertiary/aromatic N) is 1. The van der Waals surface area contributed by atoms with Crippen LogP contribution in [0.4, 0.5) is 13.2 Å². The van der Waals surface area contributed by atoms with E-state index >= 15 is 0 Å². The fourth-order valence-electron chi connectivity index (χ4n) is 1.63. The molecular formula is C11H10F3N3O2. The molecule has 0 atom stereocenters. The first-order chi connectivity index (χ1) is 8.84. The summed E-state index contributed by atoms with van der Waals surface area (Å²) in [5.41, 5.74) is 4.05. The summed E-state index contributed by atoms with van der Waals surface area (Å²) in [6.45, 7) is -0.172. The third kappa shape index (κ3) is 2.34. The van der Waals surface area contributed by atoms with Crippen molar-refractivity contribution in [1.82, 2.24) is 9.78 Å². The third-order valence-corrected chi connectivity index (χ3v) is 2.63. The number of benzene rings is 1. The quantitative estimate of drug-likeness (QED) is 0.772. The van der Waals surface area contributed by atoms with Crippen molar-refractivity contribution in [1.29, 1.82) is 0 Å². The second-order valence-corrected chi connectivity index (χ2v) is 3.83. The summed E-state index contributed by atoms with van der Waals surface area (Å²) in [5.74, 6) is -0.410. The highest BCUT2D eigenvalue weighted by molar-refractivity contribution is 5.39. The molecule has 0 radical (unpaired) electrons. The number of nitrogens with two attached hydrogens (primary N) is 1. The van der Waals surface area contributed by atoms with E-state index in [1.807, 2.05) is 0 Å². The highest BCUT2D eigenvalue weighted by atomic mass is 19.4. The Morgan fingerprint density at radius 3 is 2.26 bits per heavy atom. The van der Waals surface area contributed by atoms with Crippen molar-refractivity contribution in [2.75, 3.05) is 0 Å². The molecule has 4 N–H and O–H groups in total. The highest BCUT2D eigenvalue weighted by Gasteiger charge is 2.30. The molecule has 1 aromatic carbocycles. The first kappa shape index (κ1) is 13.2. The minimum absolute atomic E-state index is 0.0279. The number of aromatic amines is 1. The average Bonchev–Trinajstić information content (AvgIpc) is 2.63. The first-order valence-electron chi connectivity index (χ1n) is 5.25. The first-order valence-corrected chi connectivity index (χ1v) is 5.25. The number of halogens is 3. The Labute approximate surface area is 105 Å². The zero-order chi connectivity index (χ0) is 14.2. The van der Waals surface area contributed by atoms with Crippen LogP contribution in [-0.4, -0.2) is 14.9 Å². The summed E-state index contributed by atoms with van der Waals surface area (Å²) in [6.07, 6.45) is -4.44. The number of hydrogen-bond donors (Lipinski definition) is 3. The molecule has 0 unspecified atom stereocenters. The molecule has 19 heavy (non-hydrogen) atoms. The summed E-state index contributed by atoms with van der Waals surface area (Å²) in [5, 5.41) is 12.0. The molecule has 5 nitrogen and oxygen atoms in total. The van der Waals surface area contributed by atoms with Crippen molar-refractivity contribution in [2.45, 2.75) is 12.7 Å². The Morgan fingerprint density at radius 1 is 1.26 bits per heavy atom. The Bertz CT molecular complexity index is 641. The SMILES string of the molecule is NCc1c(O)n(-c2ccc(C(F)(F)F)cc2)[nH]c1=O. The molecule has 0 saturated carbocycles. The molecule has 0 saturated heterocycles. The molecule has 0 aliphatic heterocycles. The Kier molecular flexibility index (Phi) is 3.11. The fourth-order valence-corrected chi connectivity index (χ4v) is 1.63. The minimum atomic E-state index is -4.44. The fraction of sp³-hybridized carbons (Fsp3) is 0.182. The number of rotatable bonds is 2. The van der Waals surface area contributed by atoms with E-state index < -0.39 is 23.2 Å². The predicted molar refractivity (Wildman–Crippen MR) is 60.9 cm³/mol. The Hall–Kier alpha value is -2.22. The van der Waals surface area contributed by atoms with Crippen molar-refractivity contribution < 1.29 is 18.3 Å². The van der Waals surface area contributed by atoms with Crippen LogP contribution in [0.3, 0.4) is 0 Å². The standard InChI is InChI=1S/C11H10F3N3O2/c12-11(13,14)6-1-3-7(4-2-6)17-10(19)8(5-15)9(18)16-17/h1-4,19H,5,15H2,(H,16,18). The normalized spacial score (nSPS) is 11.8. The van der Waals surface area contributed by atoms with Gasteiger partial charge < -0.3 is 10.8 Å². The van der Waals surface area contributed by atoms with E-state index in [1.165, 1.54) is 0 Å². The van der Waals surface area contributed by atoms with Crippen LogP contribution in [-0.2, 0) is 12.7 Å². The van der Waals surface area contributed by atoms with Crippen LogP contribution in [0.1, 0.15) is 11.1 Å². The molecule has 102 valence electrons. The van der Waals surface area contributed by atoms with Gasteiger partial charge in [0.2, 0.25) is 5.88 Å². The van der Waals surface area contributed by atoms with Gasteiger partial charge in [-0.05, 0) is 24.3 Å². The van der Waals surface area contributed by atoms with Crippen LogP contribution in [0, 0.1) is 0 Å². The molecule has 8 heteroatoms. The minimum Gasteiger partial charge on any atom is -0.493 e. The van der Waals surface area contributed by atoms with Crippen molar-refractivity contribution in [3.63, 3.8) is 0 Å². The van der Waals surface area contributed by atoms with Gasteiger partial charge in [0.1, 0.15) is 0 Å². The van der Waals surface area contributed by atoms with Gasteiger partial charge in [0.15, 0.2) is 0 Å². The van der Waals surface area contributed by atoms with E-state index in [-0.39, 0.29) is 17.8 Å². The van der Waals surface area contributed by atoms with Crippen LogP contribution in [0.5, 0.6) is 5.88 Å². The van der Waals surface area contributed by atoms with E-state index in [4.69, 9.17) is 5.73 Å². The zero-order valence-corrected chi connectivity index (χ0v) is 9.53. The van der Waals surface area contributed by atoms with Crippen LogP contribution >= 0.6 is 0 Å². The van der Waals surface area contributed by atoms with E-state index in [1.54, 1.807) is 0 Å². The molecule has 2 rings (SSSR count). The van der Waals surface area contributed by atoms with E-state index in [9.17, 15) is 23.1 Å². The number of hydrogen-bond acceptors (Lipinski definition) is 3. The zero-order valence-electron chi connectivity index (χ0n) is 9.53. The second kappa shape index (κ2) is 4.47. The number of aromatic nitrogens is 2. The van der Waals surface area contributed by atoms with Crippen molar-refractivity contribution >= 4 is 0 Å². The lowest BCUT2D eigenvalue weighted by Crippen LogP contribution is -2.10. The number of H-pyrrole nitrogens is 1. The largest absolute Gasteiger partial charge is 0.493 e. The predicted octanol–water partition coefficient (Wildman–Crippen LogP) is 1.35. The van der Waals surface area contributed by atoms with E-state index in [0.29, 0.717) is 0 Å². The molecule has 0 fully saturated rings. The lowest BCUT2D eigenvalue weighted by atomic mass is 10.2. The summed E-state index contributed by atoms with van der Waals surface area (Å²) in [7, 11) is 0. The third-order valence-electron chi connectivity index (χ3n) is 2.63. The monoisotopic (exact) mass is 273 g/mol. The summed E-state index contributed by atoms with van der Waals surface area (Å²) >= 11 is 0.